The molecule has 21 heavy (non-hydrogen) atoms. The van der Waals surface area contributed by atoms with Gasteiger partial charge in [-0.15, -0.1) is 5.92 Å². The van der Waals surface area contributed by atoms with Crippen molar-refractivity contribution in [1.29, 1.82) is 0 Å². The molecular formula is C12H13ClFN3O4. The van der Waals surface area contributed by atoms with Crippen LogP contribution in [0.4, 0.5) is 10.2 Å². The maximum atomic E-state index is 13.6. The van der Waals surface area contributed by atoms with Crippen LogP contribution in [0.3, 0.4) is 0 Å². The Balaban J connectivity index is 2.62. The number of nitrogen functional groups attached to an aromatic ring is 1. The molecule has 4 atom stereocenters. The fourth-order valence-electron chi connectivity index (χ4n) is 2.00. The molecule has 1 unspecified atom stereocenters. The van der Waals surface area contributed by atoms with Gasteiger partial charge >= 0.3 is 5.69 Å². The summed E-state index contributed by atoms with van der Waals surface area (Å²) in [4.78, 5) is 13.1. The zero-order valence-electron chi connectivity index (χ0n) is 12.7. The summed E-state index contributed by atoms with van der Waals surface area (Å²) in [5, 5.41) is 19.7. The highest BCUT2D eigenvalue weighted by Crippen LogP contribution is 2.42. The molecule has 9 heteroatoms. The highest BCUT2D eigenvalue weighted by atomic mass is 35.5. The molecule has 0 aliphatic carbocycles. The Morgan fingerprint density at radius 2 is 2.48 bits per heavy atom. The molecule has 0 bridgehead atoms. The molecule has 0 spiro atoms. The Kier molecular flexibility index (Phi) is 3.48. The van der Waals surface area contributed by atoms with Crippen molar-refractivity contribution in [2.24, 2.45) is 0 Å². The number of anilines is 1. The number of aromatic nitrogens is 2. The van der Waals surface area contributed by atoms with Gasteiger partial charge in [-0.25, -0.2) is 9.18 Å². The van der Waals surface area contributed by atoms with Crippen LogP contribution in [0.5, 0.6) is 0 Å². The van der Waals surface area contributed by atoms with Gasteiger partial charge in [0, 0.05) is 0 Å². The van der Waals surface area contributed by atoms with Gasteiger partial charge in [0.2, 0.25) is 0 Å². The average Bonchev–Trinajstić information content (AvgIpc) is 2.67. The Hall–Kier alpha value is -1.66. The van der Waals surface area contributed by atoms with E-state index < -0.39 is 47.2 Å². The molecule has 1 fully saturated rings. The molecule has 1 saturated heterocycles. The highest BCUT2D eigenvalue weighted by Gasteiger charge is 2.55. The number of aliphatic hydroxyl groups is 2. The summed E-state index contributed by atoms with van der Waals surface area (Å²) in [6.07, 6.45) is -4.58. The molecule has 2 heterocycles. The van der Waals surface area contributed by atoms with Gasteiger partial charge in [0.15, 0.2) is 22.7 Å². The molecule has 4 N–H and O–H groups in total. The summed E-state index contributed by atoms with van der Waals surface area (Å²) in [6, 6.07) is 0. The van der Waals surface area contributed by atoms with E-state index in [1.807, 2.05) is 0 Å². The van der Waals surface area contributed by atoms with Gasteiger partial charge in [0.1, 0.15) is 12.2 Å². The topological polar surface area (TPSA) is 111 Å². The first-order chi connectivity index (χ1) is 10.5. The normalized spacial score (nSPS) is 33.9. The quantitative estimate of drug-likeness (QED) is 0.487. The first-order valence-electron chi connectivity index (χ1n) is 6.75. The number of aliphatic hydroxyl groups excluding tert-OH is 1. The van der Waals surface area contributed by atoms with Crippen molar-refractivity contribution in [2.45, 2.75) is 30.2 Å². The van der Waals surface area contributed by atoms with Crippen molar-refractivity contribution < 1.29 is 22.1 Å². The lowest BCUT2D eigenvalue weighted by atomic mass is 9.99. The number of halogens is 2. The lowest BCUT2D eigenvalue weighted by Crippen LogP contribution is -2.43. The summed E-state index contributed by atoms with van der Waals surface area (Å²) in [5.41, 5.74) is 4.15. The molecule has 0 saturated carbocycles. The third-order valence-electron chi connectivity index (χ3n) is 2.98. The number of alkyl halides is 1. The first kappa shape index (κ1) is 13.0. The van der Waals surface area contributed by atoms with E-state index in [2.05, 4.69) is 16.8 Å². The van der Waals surface area contributed by atoms with Crippen LogP contribution < -0.4 is 11.4 Å². The van der Waals surface area contributed by atoms with Crippen molar-refractivity contribution in [2.75, 3.05) is 12.3 Å². The molecule has 7 nitrogen and oxygen atoms in total. The van der Waals surface area contributed by atoms with Crippen LogP contribution in [-0.2, 0) is 4.74 Å². The van der Waals surface area contributed by atoms with E-state index in [-0.39, 0.29) is 0 Å². The summed E-state index contributed by atoms with van der Waals surface area (Å²) < 4.78 is 33.9. The zero-order valence-corrected chi connectivity index (χ0v) is 11.5. The minimum Gasteiger partial charge on any atom is -0.394 e. The minimum absolute atomic E-state index is 0.595. The largest absolute Gasteiger partial charge is 0.394 e. The van der Waals surface area contributed by atoms with E-state index in [1.165, 1.54) is 6.92 Å². The van der Waals surface area contributed by atoms with E-state index in [0.29, 0.717) is 10.8 Å². The second-order valence-electron chi connectivity index (χ2n) is 4.29. The SMILES string of the molecule is [2H]C([2H])(O)[C@H]1O[C@@H](n2cc(F)c(N)nc2=O)C(Cl)(C#CC)[C@H]1O. The highest BCUT2D eigenvalue weighted by molar-refractivity contribution is 6.27. The predicted octanol–water partition coefficient (Wildman–Crippen LogP) is -0.784. The van der Waals surface area contributed by atoms with Crippen molar-refractivity contribution in [3.63, 3.8) is 0 Å². The second kappa shape index (κ2) is 5.61. The van der Waals surface area contributed by atoms with E-state index in [4.69, 9.17) is 24.8 Å². The monoisotopic (exact) mass is 319 g/mol. The number of ether oxygens (including phenoxy) is 1. The second-order valence-corrected chi connectivity index (χ2v) is 4.92. The van der Waals surface area contributed by atoms with Crippen molar-refractivity contribution >= 4 is 17.4 Å². The maximum absolute atomic E-state index is 13.6. The van der Waals surface area contributed by atoms with Crippen molar-refractivity contribution in [1.82, 2.24) is 9.55 Å². The number of nitrogens with two attached hydrogens (primary N) is 1. The van der Waals surface area contributed by atoms with Crippen LogP contribution in [0.15, 0.2) is 11.0 Å². The third kappa shape index (κ3) is 2.49. The molecule has 0 aromatic carbocycles. The maximum Gasteiger partial charge on any atom is 0.351 e. The van der Waals surface area contributed by atoms with Crippen LogP contribution >= 0.6 is 11.6 Å². The van der Waals surface area contributed by atoms with Crippen molar-refractivity contribution in [3.8, 4) is 11.8 Å². The number of hydrogen-bond acceptors (Lipinski definition) is 6. The van der Waals surface area contributed by atoms with Crippen LogP contribution in [-0.4, -0.2) is 43.4 Å². The van der Waals surface area contributed by atoms with Crippen LogP contribution in [0.1, 0.15) is 15.9 Å². The fraction of sp³-hybridized carbons (Fsp3) is 0.500. The van der Waals surface area contributed by atoms with Gasteiger partial charge in [0.05, 0.1) is 15.5 Å². The average molecular weight is 320 g/mol. The molecule has 1 aromatic heterocycles. The van der Waals surface area contributed by atoms with E-state index in [0.717, 1.165) is 0 Å². The number of nitrogens with zero attached hydrogens (tertiary/aromatic N) is 2. The number of hydrogen-bond donors (Lipinski definition) is 3. The van der Waals surface area contributed by atoms with Crippen LogP contribution in [0.2, 0.25) is 0 Å². The molecule has 114 valence electrons. The van der Waals surface area contributed by atoms with E-state index in [1.54, 1.807) is 0 Å². The Morgan fingerprint density at radius 1 is 1.81 bits per heavy atom. The lowest BCUT2D eigenvalue weighted by molar-refractivity contribution is -0.0467. The zero-order chi connectivity index (χ0) is 17.6. The van der Waals surface area contributed by atoms with Crippen LogP contribution in [0, 0.1) is 17.7 Å². The molecule has 1 aromatic rings. The Bertz CT molecular complexity index is 745. The summed E-state index contributed by atoms with van der Waals surface area (Å²) >= 11 is 6.22. The van der Waals surface area contributed by atoms with Gasteiger partial charge in [-0.2, -0.15) is 4.98 Å². The molecule has 2 rings (SSSR count). The van der Waals surface area contributed by atoms with E-state index >= 15 is 0 Å². The third-order valence-corrected chi connectivity index (χ3v) is 3.49. The molecule has 0 radical (unpaired) electrons. The smallest absolute Gasteiger partial charge is 0.351 e. The van der Waals surface area contributed by atoms with Gasteiger partial charge in [-0.1, -0.05) is 17.5 Å². The molecule has 1 aliphatic rings. The summed E-state index contributed by atoms with van der Waals surface area (Å²) in [6.45, 7) is -1.59. The minimum atomic E-state index is -2.98. The predicted molar refractivity (Wildman–Crippen MR) is 71.9 cm³/mol. The van der Waals surface area contributed by atoms with Gasteiger partial charge < -0.3 is 20.7 Å². The summed E-state index contributed by atoms with van der Waals surface area (Å²) in [5.74, 6) is 3.14. The van der Waals surface area contributed by atoms with Gasteiger partial charge in [-0.3, -0.25) is 4.57 Å². The Labute approximate surface area is 126 Å². The van der Waals surface area contributed by atoms with Gasteiger partial charge in [0.25, 0.3) is 0 Å². The van der Waals surface area contributed by atoms with Crippen LogP contribution in [0.25, 0.3) is 0 Å². The molecule has 0 amide bonds. The number of rotatable bonds is 2. The fourth-order valence-corrected chi connectivity index (χ4v) is 2.37. The van der Waals surface area contributed by atoms with E-state index in [9.17, 15) is 19.4 Å². The lowest BCUT2D eigenvalue weighted by Gasteiger charge is -2.25. The summed E-state index contributed by atoms with van der Waals surface area (Å²) in [7, 11) is 0. The molecule has 1 aliphatic heterocycles. The van der Waals surface area contributed by atoms with Gasteiger partial charge in [-0.05, 0) is 6.92 Å². The first-order valence-corrected chi connectivity index (χ1v) is 6.13. The van der Waals surface area contributed by atoms with Crippen molar-refractivity contribution in [3.05, 3.63) is 22.5 Å². The molecular weight excluding hydrogens is 305 g/mol. The standard InChI is InChI=1S/C12H13ClFN3O4/c1-2-3-12(13)8(19)7(5-18)21-10(12)17-4-6(14)9(15)16-11(17)20/h4,7-8,10,18-19H,5H2,1H3,(H2,15,16,20)/t7-,8+,10-,12?/m1/s1/i5D2. The Morgan fingerprint density at radius 3 is 3.05 bits per heavy atom.